The molecule has 2 rings (SSSR count). The van der Waals surface area contributed by atoms with Crippen molar-refractivity contribution in [3.63, 3.8) is 0 Å². The maximum atomic E-state index is 12.9. The van der Waals surface area contributed by atoms with E-state index in [0.717, 1.165) is 12.3 Å². The summed E-state index contributed by atoms with van der Waals surface area (Å²) < 4.78 is 18.2. The Balaban J connectivity index is 2.09. The number of furan rings is 1. The van der Waals surface area contributed by atoms with Crippen molar-refractivity contribution in [2.45, 2.75) is 26.4 Å². The van der Waals surface area contributed by atoms with Crippen LogP contribution in [-0.4, -0.2) is 23.3 Å². The van der Waals surface area contributed by atoms with Crippen molar-refractivity contribution in [3.8, 4) is 0 Å². The van der Waals surface area contributed by atoms with E-state index in [2.05, 4.69) is 0 Å². The molecule has 3 nitrogen and oxygen atoms in total. The lowest BCUT2D eigenvalue weighted by atomic mass is 10.0. The summed E-state index contributed by atoms with van der Waals surface area (Å²) in [6.45, 7) is 5.17. The van der Waals surface area contributed by atoms with Crippen molar-refractivity contribution in [3.05, 3.63) is 59.8 Å². The van der Waals surface area contributed by atoms with Crippen LogP contribution in [0.2, 0.25) is 0 Å². The Bertz CT molecular complexity index is 548. The summed E-state index contributed by atoms with van der Waals surface area (Å²) in [6, 6.07) is 9.10. The molecule has 106 valence electrons. The van der Waals surface area contributed by atoms with Gasteiger partial charge in [-0.1, -0.05) is 6.92 Å². The quantitative estimate of drug-likeness (QED) is 0.756. The van der Waals surface area contributed by atoms with Crippen LogP contribution in [0.15, 0.2) is 47.1 Å². The van der Waals surface area contributed by atoms with E-state index in [9.17, 15) is 9.18 Å². The summed E-state index contributed by atoms with van der Waals surface area (Å²) in [7, 11) is 0. The van der Waals surface area contributed by atoms with Gasteiger partial charge in [-0.05, 0) is 49.9 Å². The van der Waals surface area contributed by atoms with Gasteiger partial charge in [-0.15, -0.1) is 0 Å². The maximum absolute atomic E-state index is 12.9. The first kappa shape index (κ1) is 14.5. The van der Waals surface area contributed by atoms with Crippen LogP contribution >= 0.6 is 0 Å². The molecule has 20 heavy (non-hydrogen) atoms. The molecule has 0 aliphatic carbocycles. The van der Waals surface area contributed by atoms with Gasteiger partial charge in [0, 0.05) is 5.56 Å². The van der Waals surface area contributed by atoms with Gasteiger partial charge in [0.15, 0.2) is 5.78 Å². The van der Waals surface area contributed by atoms with Gasteiger partial charge in [-0.2, -0.15) is 0 Å². The van der Waals surface area contributed by atoms with Crippen LogP contribution in [0.1, 0.15) is 30.0 Å². The van der Waals surface area contributed by atoms with Crippen molar-refractivity contribution < 1.29 is 13.6 Å². The predicted octanol–water partition coefficient (Wildman–Crippen LogP) is 3.51. The normalized spacial score (nSPS) is 12.6. The molecule has 0 spiro atoms. The molecule has 0 N–H and O–H groups in total. The lowest BCUT2D eigenvalue weighted by molar-refractivity contribution is 0.0826. The second kappa shape index (κ2) is 6.48. The first-order valence-corrected chi connectivity index (χ1v) is 6.68. The summed E-state index contributed by atoms with van der Waals surface area (Å²) >= 11 is 0. The van der Waals surface area contributed by atoms with E-state index >= 15 is 0 Å². The lowest BCUT2D eigenvalue weighted by Gasteiger charge is -2.25. The average Bonchev–Trinajstić information content (AvgIpc) is 2.97. The number of Topliss-reactive ketones (excluding diaryl/α,β-unsaturated/α-hetero) is 1. The predicted molar refractivity (Wildman–Crippen MR) is 75.0 cm³/mol. The van der Waals surface area contributed by atoms with Crippen molar-refractivity contribution in [1.82, 2.24) is 4.90 Å². The molecule has 0 saturated carbocycles. The molecule has 0 bridgehead atoms. The summed E-state index contributed by atoms with van der Waals surface area (Å²) in [5.41, 5.74) is 0.525. The van der Waals surface area contributed by atoms with E-state index in [4.69, 9.17) is 4.42 Å². The van der Waals surface area contributed by atoms with E-state index in [1.54, 1.807) is 6.26 Å². The van der Waals surface area contributed by atoms with Crippen molar-refractivity contribution in [1.29, 1.82) is 0 Å². The second-order valence-electron chi connectivity index (χ2n) is 4.69. The number of hydrogen-bond donors (Lipinski definition) is 0. The van der Waals surface area contributed by atoms with Crippen molar-refractivity contribution in [2.75, 3.05) is 6.54 Å². The first-order chi connectivity index (χ1) is 9.61. The topological polar surface area (TPSA) is 33.5 Å². The molecule has 1 atom stereocenters. The van der Waals surface area contributed by atoms with E-state index < -0.39 is 0 Å². The highest BCUT2D eigenvalue weighted by Gasteiger charge is 2.22. The molecule has 0 fully saturated rings. The number of hydrogen-bond acceptors (Lipinski definition) is 3. The number of ketones is 1. The van der Waals surface area contributed by atoms with Gasteiger partial charge in [0.1, 0.15) is 11.6 Å². The van der Waals surface area contributed by atoms with Crippen molar-refractivity contribution >= 4 is 5.78 Å². The molecular weight excluding hydrogens is 257 g/mol. The van der Waals surface area contributed by atoms with Crippen LogP contribution in [0, 0.1) is 5.82 Å². The number of nitrogens with zero attached hydrogens (tertiary/aromatic N) is 1. The maximum Gasteiger partial charge on any atom is 0.179 e. The minimum absolute atomic E-state index is 0.0154. The van der Waals surface area contributed by atoms with E-state index in [1.807, 2.05) is 30.9 Å². The number of rotatable bonds is 6. The summed E-state index contributed by atoms with van der Waals surface area (Å²) in [5.74, 6) is 0.473. The van der Waals surface area contributed by atoms with Gasteiger partial charge in [0.2, 0.25) is 0 Å². The highest BCUT2D eigenvalue weighted by atomic mass is 19.1. The number of carbonyl (C=O) groups is 1. The fourth-order valence-electron chi connectivity index (χ4n) is 2.15. The minimum Gasteiger partial charge on any atom is -0.468 e. The number of likely N-dealkylation sites (N-methyl/N-ethyl adjacent to an activating group) is 1. The number of benzene rings is 1. The van der Waals surface area contributed by atoms with Crippen LogP contribution in [0.3, 0.4) is 0 Å². The molecule has 4 heteroatoms. The molecule has 1 aromatic carbocycles. The molecule has 0 amide bonds. The van der Waals surface area contributed by atoms with Crippen LogP contribution in [-0.2, 0) is 6.54 Å². The zero-order valence-electron chi connectivity index (χ0n) is 11.7. The van der Waals surface area contributed by atoms with Gasteiger partial charge in [0.25, 0.3) is 0 Å². The second-order valence-corrected chi connectivity index (χ2v) is 4.69. The Labute approximate surface area is 118 Å². The Morgan fingerprint density at radius 3 is 2.55 bits per heavy atom. The van der Waals surface area contributed by atoms with Crippen LogP contribution in [0.5, 0.6) is 0 Å². The highest BCUT2D eigenvalue weighted by Crippen LogP contribution is 2.13. The molecular formula is C16H18FNO2. The third-order valence-corrected chi connectivity index (χ3v) is 3.40. The fourth-order valence-corrected chi connectivity index (χ4v) is 2.15. The lowest BCUT2D eigenvalue weighted by Crippen LogP contribution is -2.38. The van der Waals surface area contributed by atoms with Gasteiger partial charge >= 0.3 is 0 Å². The molecule has 1 unspecified atom stereocenters. The van der Waals surface area contributed by atoms with Crippen LogP contribution in [0.25, 0.3) is 0 Å². The third-order valence-electron chi connectivity index (χ3n) is 3.40. The third kappa shape index (κ3) is 3.33. The van der Waals surface area contributed by atoms with E-state index in [0.29, 0.717) is 12.1 Å². The smallest absolute Gasteiger partial charge is 0.179 e. The van der Waals surface area contributed by atoms with E-state index in [-0.39, 0.29) is 17.6 Å². The molecule has 0 saturated heterocycles. The molecule has 1 heterocycles. The number of halogens is 1. The zero-order chi connectivity index (χ0) is 14.5. The van der Waals surface area contributed by atoms with E-state index in [1.165, 1.54) is 24.3 Å². The summed E-state index contributed by atoms with van der Waals surface area (Å²) in [4.78, 5) is 14.4. The Hall–Kier alpha value is -1.94. The molecule has 1 aromatic heterocycles. The standard InChI is InChI=1S/C16H18FNO2/c1-3-18(11-15-5-4-10-20-15)12(2)16(19)13-6-8-14(17)9-7-13/h4-10,12H,3,11H2,1-2H3. The van der Waals surface area contributed by atoms with Gasteiger partial charge in [0.05, 0.1) is 18.8 Å². The first-order valence-electron chi connectivity index (χ1n) is 6.68. The van der Waals surface area contributed by atoms with Crippen molar-refractivity contribution in [2.24, 2.45) is 0 Å². The molecule has 0 aliphatic heterocycles. The number of carbonyl (C=O) groups excluding carboxylic acids is 1. The summed E-state index contributed by atoms with van der Waals surface area (Å²) in [6.07, 6.45) is 1.62. The Morgan fingerprint density at radius 1 is 1.30 bits per heavy atom. The largest absolute Gasteiger partial charge is 0.468 e. The zero-order valence-corrected chi connectivity index (χ0v) is 11.7. The minimum atomic E-state index is -0.336. The SMILES string of the molecule is CCN(Cc1ccco1)C(C)C(=O)c1ccc(F)cc1. The summed E-state index contributed by atoms with van der Waals surface area (Å²) in [5, 5.41) is 0. The van der Waals surface area contributed by atoms with Crippen LogP contribution < -0.4 is 0 Å². The average molecular weight is 275 g/mol. The van der Waals surface area contributed by atoms with Crippen LogP contribution in [0.4, 0.5) is 4.39 Å². The monoisotopic (exact) mass is 275 g/mol. The molecule has 0 radical (unpaired) electrons. The fraction of sp³-hybridized carbons (Fsp3) is 0.312. The Kier molecular flexibility index (Phi) is 4.69. The van der Waals surface area contributed by atoms with Gasteiger partial charge < -0.3 is 4.42 Å². The Morgan fingerprint density at radius 2 is 2.00 bits per heavy atom. The molecule has 0 aliphatic rings. The van der Waals surface area contributed by atoms with Gasteiger partial charge in [-0.25, -0.2) is 4.39 Å². The highest BCUT2D eigenvalue weighted by molar-refractivity contribution is 5.99. The molecule has 2 aromatic rings. The van der Waals surface area contributed by atoms with Gasteiger partial charge in [-0.3, -0.25) is 9.69 Å².